The second-order valence-corrected chi connectivity index (χ2v) is 5.89. The quantitative estimate of drug-likeness (QED) is 0.827. The summed E-state index contributed by atoms with van der Waals surface area (Å²) < 4.78 is 26.8. The van der Waals surface area contributed by atoms with Crippen LogP contribution in [0.15, 0.2) is 18.2 Å². The molecule has 0 fully saturated rings. The van der Waals surface area contributed by atoms with E-state index < -0.39 is 11.6 Å². The zero-order valence-electron chi connectivity index (χ0n) is 11.8. The minimum Gasteiger partial charge on any atom is -0.310 e. The van der Waals surface area contributed by atoms with Gasteiger partial charge in [0, 0.05) is 18.2 Å². The Morgan fingerprint density at radius 3 is 2.33 bits per heavy atom. The van der Waals surface area contributed by atoms with Crippen molar-refractivity contribution in [3.05, 3.63) is 35.4 Å². The second kappa shape index (κ2) is 5.79. The molecule has 18 heavy (non-hydrogen) atoms. The molecule has 0 aliphatic heterocycles. The highest BCUT2D eigenvalue weighted by Gasteiger charge is 2.23. The minimum atomic E-state index is -0.788. The average molecular weight is 255 g/mol. The van der Waals surface area contributed by atoms with Gasteiger partial charge in [0.2, 0.25) is 0 Å². The minimum absolute atomic E-state index is 0.123. The van der Waals surface area contributed by atoms with Crippen molar-refractivity contribution in [3.8, 4) is 0 Å². The number of halogens is 2. The SMILES string of the molecule is CC(NCC(C)(C)C(C)C)c1cccc(F)c1F. The first-order valence-electron chi connectivity index (χ1n) is 6.43. The van der Waals surface area contributed by atoms with Crippen molar-refractivity contribution in [1.29, 1.82) is 0 Å². The Morgan fingerprint density at radius 2 is 1.78 bits per heavy atom. The van der Waals surface area contributed by atoms with Crippen LogP contribution in [0, 0.1) is 23.0 Å². The van der Waals surface area contributed by atoms with E-state index in [1.165, 1.54) is 0 Å². The highest BCUT2D eigenvalue weighted by atomic mass is 19.2. The van der Waals surface area contributed by atoms with E-state index in [4.69, 9.17) is 0 Å². The molecule has 0 aromatic heterocycles. The molecular formula is C15H23F2N. The van der Waals surface area contributed by atoms with E-state index in [0.29, 0.717) is 11.5 Å². The molecule has 102 valence electrons. The third kappa shape index (κ3) is 3.52. The van der Waals surface area contributed by atoms with Gasteiger partial charge in [0.1, 0.15) is 0 Å². The first-order valence-corrected chi connectivity index (χ1v) is 6.43. The van der Waals surface area contributed by atoms with Crippen LogP contribution < -0.4 is 5.32 Å². The molecule has 0 heterocycles. The molecule has 0 radical (unpaired) electrons. The predicted octanol–water partition coefficient (Wildman–Crippen LogP) is 4.30. The largest absolute Gasteiger partial charge is 0.310 e. The fourth-order valence-corrected chi connectivity index (χ4v) is 1.59. The van der Waals surface area contributed by atoms with Crippen molar-refractivity contribution < 1.29 is 8.78 Å². The van der Waals surface area contributed by atoms with E-state index in [9.17, 15) is 8.78 Å². The molecule has 3 heteroatoms. The summed E-state index contributed by atoms with van der Waals surface area (Å²) in [6.07, 6.45) is 0. The summed E-state index contributed by atoms with van der Waals surface area (Å²) in [6.45, 7) is 11.3. The van der Waals surface area contributed by atoms with Gasteiger partial charge in [0.15, 0.2) is 11.6 Å². The lowest BCUT2D eigenvalue weighted by atomic mass is 9.81. The van der Waals surface area contributed by atoms with Crippen molar-refractivity contribution in [2.45, 2.75) is 40.7 Å². The van der Waals surface area contributed by atoms with Crippen LogP contribution in [0.5, 0.6) is 0 Å². The Morgan fingerprint density at radius 1 is 1.17 bits per heavy atom. The molecule has 1 nitrogen and oxygen atoms in total. The normalized spacial score (nSPS) is 14.0. The number of hydrogen-bond acceptors (Lipinski definition) is 1. The van der Waals surface area contributed by atoms with Crippen LogP contribution in [-0.2, 0) is 0 Å². The first-order chi connectivity index (χ1) is 8.25. The van der Waals surface area contributed by atoms with Crippen LogP contribution >= 0.6 is 0 Å². The monoisotopic (exact) mass is 255 g/mol. The Labute approximate surface area is 109 Å². The number of benzene rings is 1. The van der Waals surface area contributed by atoms with Crippen LogP contribution in [-0.4, -0.2) is 6.54 Å². The van der Waals surface area contributed by atoms with Gasteiger partial charge in [-0.05, 0) is 24.3 Å². The summed E-state index contributed by atoms with van der Waals surface area (Å²) in [6, 6.07) is 4.11. The first kappa shape index (κ1) is 15.1. The molecule has 1 atom stereocenters. The second-order valence-electron chi connectivity index (χ2n) is 5.89. The summed E-state index contributed by atoms with van der Waals surface area (Å²) >= 11 is 0. The van der Waals surface area contributed by atoms with Gasteiger partial charge >= 0.3 is 0 Å². The molecule has 1 unspecified atom stereocenters. The van der Waals surface area contributed by atoms with Crippen molar-refractivity contribution in [2.24, 2.45) is 11.3 Å². The Bertz CT molecular complexity index is 399. The van der Waals surface area contributed by atoms with Gasteiger partial charge in [-0.15, -0.1) is 0 Å². The van der Waals surface area contributed by atoms with Gasteiger partial charge in [-0.2, -0.15) is 0 Å². The predicted molar refractivity (Wildman–Crippen MR) is 71.4 cm³/mol. The fraction of sp³-hybridized carbons (Fsp3) is 0.600. The fourth-order valence-electron chi connectivity index (χ4n) is 1.59. The summed E-state index contributed by atoms with van der Waals surface area (Å²) in [7, 11) is 0. The molecule has 1 N–H and O–H groups in total. The number of nitrogens with one attached hydrogen (secondary N) is 1. The maximum Gasteiger partial charge on any atom is 0.163 e. The molecular weight excluding hydrogens is 232 g/mol. The van der Waals surface area contributed by atoms with Crippen molar-refractivity contribution in [2.75, 3.05) is 6.54 Å². The molecule has 1 aromatic rings. The smallest absolute Gasteiger partial charge is 0.163 e. The van der Waals surface area contributed by atoms with Crippen molar-refractivity contribution >= 4 is 0 Å². The summed E-state index contributed by atoms with van der Waals surface area (Å²) in [4.78, 5) is 0. The maximum absolute atomic E-state index is 13.6. The van der Waals surface area contributed by atoms with E-state index in [-0.39, 0.29) is 11.5 Å². The van der Waals surface area contributed by atoms with Crippen LogP contribution in [0.3, 0.4) is 0 Å². The van der Waals surface area contributed by atoms with Crippen LogP contribution in [0.2, 0.25) is 0 Å². The van der Waals surface area contributed by atoms with Gasteiger partial charge in [-0.3, -0.25) is 0 Å². The topological polar surface area (TPSA) is 12.0 Å². The number of hydrogen-bond donors (Lipinski definition) is 1. The third-order valence-corrected chi connectivity index (χ3v) is 3.87. The molecule has 1 aromatic carbocycles. The van der Waals surface area contributed by atoms with Crippen molar-refractivity contribution in [1.82, 2.24) is 5.32 Å². The van der Waals surface area contributed by atoms with Crippen LogP contribution in [0.25, 0.3) is 0 Å². The molecule has 0 aliphatic rings. The zero-order chi connectivity index (χ0) is 13.9. The highest BCUT2D eigenvalue weighted by molar-refractivity contribution is 5.22. The Balaban J connectivity index is 2.72. The summed E-state index contributed by atoms with van der Waals surface area (Å²) in [5.74, 6) is -1.02. The zero-order valence-corrected chi connectivity index (χ0v) is 11.8. The van der Waals surface area contributed by atoms with Crippen LogP contribution in [0.4, 0.5) is 8.78 Å². The summed E-state index contributed by atoms with van der Waals surface area (Å²) in [5.41, 5.74) is 0.507. The Hall–Kier alpha value is -0.960. The molecule has 0 amide bonds. The molecule has 1 rings (SSSR count). The van der Waals surface area contributed by atoms with E-state index >= 15 is 0 Å². The van der Waals surface area contributed by atoms with E-state index in [0.717, 1.165) is 12.6 Å². The van der Waals surface area contributed by atoms with Crippen LogP contribution in [0.1, 0.15) is 46.2 Å². The average Bonchev–Trinajstić information content (AvgIpc) is 2.29. The lowest BCUT2D eigenvalue weighted by molar-refractivity contribution is 0.229. The molecule has 0 aliphatic carbocycles. The Kier molecular flexibility index (Phi) is 4.85. The van der Waals surface area contributed by atoms with Gasteiger partial charge < -0.3 is 5.32 Å². The van der Waals surface area contributed by atoms with Gasteiger partial charge in [0.25, 0.3) is 0 Å². The van der Waals surface area contributed by atoms with Gasteiger partial charge in [-0.1, -0.05) is 39.8 Å². The van der Waals surface area contributed by atoms with E-state index in [1.54, 1.807) is 12.1 Å². The highest BCUT2D eigenvalue weighted by Crippen LogP contribution is 2.26. The molecule has 0 spiro atoms. The van der Waals surface area contributed by atoms with Gasteiger partial charge in [-0.25, -0.2) is 8.78 Å². The van der Waals surface area contributed by atoms with E-state index in [1.807, 2.05) is 6.92 Å². The third-order valence-electron chi connectivity index (χ3n) is 3.87. The molecule has 0 saturated carbocycles. The lowest BCUT2D eigenvalue weighted by Crippen LogP contribution is -2.35. The van der Waals surface area contributed by atoms with Crippen molar-refractivity contribution in [3.63, 3.8) is 0 Å². The molecule has 0 saturated heterocycles. The standard InChI is InChI=1S/C15H23F2N/c1-10(2)15(4,5)9-18-11(3)12-7-6-8-13(16)14(12)17/h6-8,10-11,18H,9H2,1-5H3. The number of rotatable bonds is 5. The lowest BCUT2D eigenvalue weighted by Gasteiger charge is -2.31. The summed E-state index contributed by atoms with van der Waals surface area (Å²) in [5, 5.41) is 3.28. The van der Waals surface area contributed by atoms with Gasteiger partial charge in [0.05, 0.1) is 0 Å². The maximum atomic E-state index is 13.6. The van der Waals surface area contributed by atoms with E-state index in [2.05, 4.69) is 33.0 Å². The molecule has 0 bridgehead atoms.